The van der Waals surface area contributed by atoms with Gasteiger partial charge in [0.25, 0.3) is 0 Å². The van der Waals surface area contributed by atoms with Crippen molar-refractivity contribution in [2.24, 2.45) is 12.0 Å². The Morgan fingerprint density at radius 3 is 2.41 bits per heavy atom. The highest BCUT2D eigenvalue weighted by molar-refractivity contribution is 14.0. The summed E-state index contributed by atoms with van der Waals surface area (Å²) in [6.07, 6.45) is -0.820. The highest BCUT2D eigenvalue weighted by atomic mass is 127. The van der Waals surface area contributed by atoms with E-state index in [9.17, 15) is 13.2 Å². The number of hydrogen-bond acceptors (Lipinski definition) is 4. The minimum Gasteiger partial charge on any atom is -0.497 e. The van der Waals surface area contributed by atoms with Gasteiger partial charge in [-0.25, -0.2) is 0 Å². The Hall–Kier alpha value is -2.02. The van der Waals surface area contributed by atoms with E-state index in [0.717, 1.165) is 37.2 Å². The van der Waals surface area contributed by atoms with Gasteiger partial charge < -0.3 is 15.4 Å². The third-order valence-electron chi connectivity index (χ3n) is 5.39. The number of rotatable bonds is 7. The number of aliphatic imine (C=N–C) groups is 1. The first-order valence-electron chi connectivity index (χ1n) is 10.2. The molecule has 1 aliphatic heterocycles. The standard InChI is InChI=1S/C21H29F3N6O.HI/c1-25-20(26-12-16-14-29(2)28-19(16)21(22,23)24)27-13-18(30-10-4-5-11-30)15-6-8-17(31-3)9-7-15;/h6-9,14,18H,4-5,10-13H2,1-3H3,(H2,25,26,27);1H. The largest absolute Gasteiger partial charge is 0.497 e. The average molecular weight is 566 g/mol. The lowest BCUT2D eigenvalue weighted by Gasteiger charge is -2.29. The first kappa shape index (κ1) is 26.2. The molecular weight excluding hydrogens is 536 g/mol. The zero-order chi connectivity index (χ0) is 22.4. The molecule has 0 amide bonds. The van der Waals surface area contributed by atoms with Crippen molar-refractivity contribution in [1.29, 1.82) is 0 Å². The number of alkyl halides is 3. The van der Waals surface area contributed by atoms with Crippen LogP contribution in [0, 0.1) is 0 Å². The molecule has 1 saturated heterocycles. The van der Waals surface area contributed by atoms with Crippen LogP contribution in [-0.4, -0.2) is 54.4 Å². The molecule has 1 aromatic carbocycles. The van der Waals surface area contributed by atoms with Gasteiger partial charge in [0.05, 0.1) is 13.2 Å². The van der Waals surface area contributed by atoms with Gasteiger partial charge in [0.15, 0.2) is 11.7 Å². The topological polar surface area (TPSA) is 66.7 Å². The fourth-order valence-corrected chi connectivity index (χ4v) is 3.84. The molecule has 0 saturated carbocycles. The van der Waals surface area contributed by atoms with E-state index in [1.54, 1.807) is 14.2 Å². The van der Waals surface area contributed by atoms with Crippen LogP contribution in [0.4, 0.5) is 13.2 Å². The van der Waals surface area contributed by atoms with Crippen molar-refractivity contribution in [2.75, 3.05) is 33.8 Å². The molecule has 2 N–H and O–H groups in total. The lowest BCUT2D eigenvalue weighted by molar-refractivity contribution is -0.142. The predicted octanol–water partition coefficient (Wildman–Crippen LogP) is 3.57. The number of aromatic nitrogens is 2. The molecule has 2 aromatic rings. The second-order valence-electron chi connectivity index (χ2n) is 7.51. The molecular formula is C21H30F3IN6O. The number of nitrogens with one attached hydrogen (secondary N) is 2. The predicted molar refractivity (Wildman–Crippen MR) is 128 cm³/mol. The zero-order valence-electron chi connectivity index (χ0n) is 18.4. The van der Waals surface area contributed by atoms with E-state index >= 15 is 0 Å². The van der Waals surface area contributed by atoms with Crippen molar-refractivity contribution in [2.45, 2.75) is 31.6 Å². The Balaban J connectivity index is 0.00000363. The summed E-state index contributed by atoms with van der Waals surface area (Å²) < 4.78 is 45.9. The maximum absolute atomic E-state index is 13.2. The van der Waals surface area contributed by atoms with Crippen molar-refractivity contribution >= 4 is 29.9 Å². The van der Waals surface area contributed by atoms with Crippen LogP contribution < -0.4 is 15.4 Å². The van der Waals surface area contributed by atoms with E-state index in [1.807, 2.05) is 24.3 Å². The third kappa shape index (κ3) is 6.74. The normalized spacial score (nSPS) is 15.9. The third-order valence-corrected chi connectivity index (χ3v) is 5.39. The van der Waals surface area contributed by atoms with E-state index in [2.05, 4.69) is 25.6 Å². The van der Waals surface area contributed by atoms with E-state index in [1.165, 1.54) is 17.9 Å². The highest BCUT2D eigenvalue weighted by Crippen LogP contribution is 2.30. The molecule has 1 fully saturated rings. The molecule has 11 heteroatoms. The number of hydrogen-bond donors (Lipinski definition) is 2. The van der Waals surface area contributed by atoms with E-state index in [-0.39, 0.29) is 42.1 Å². The van der Waals surface area contributed by atoms with Crippen LogP contribution in [0.25, 0.3) is 0 Å². The molecule has 0 aliphatic carbocycles. The lowest BCUT2D eigenvalue weighted by atomic mass is 10.1. The average Bonchev–Trinajstić information content (AvgIpc) is 3.40. The molecule has 1 aliphatic rings. The second-order valence-corrected chi connectivity index (χ2v) is 7.51. The van der Waals surface area contributed by atoms with Gasteiger partial charge in [-0.1, -0.05) is 12.1 Å². The molecule has 3 rings (SSSR count). The van der Waals surface area contributed by atoms with Gasteiger partial charge in [0.1, 0.15) is 5.75 Å². The van der Waals surface area contributed by atoms with Crippen molar-refractivity contribution in [3.8, 4) is 5.75 Å². The Morgan fingerprint density at radius 2 is 1.84 bits per heavy atom. The fourth-order valence-electron chi connectivity index (χ4n) is 3.84. The minimum absolute atomic E-state index is 0. The summed E-state index contributed by atoms with van der Waals surface area (Å²) in [5, 5.41) is 9.78. The van der Waals surface area contributed by atoms with Gasteiger partial charge in [-0.2, -0.15) is 18.3 Å². The van der Waals surface area contributed by atoms with Gasteiger partial charge >= 0.3 is 6.18 Å². The number of ether oxygens (including phenoxy) is 1. The summed E-state index contributed by atoms with van der Waals surface area (Å²) in [5.74, 6) is 1.24. The molecule has 1 atom stereocenters. The van der Waals surface area contributed by atoms with Gasteiger partial charge in [0.2, 0.25) is 0 Å². The summed E-state index contributed by atoms with van der Waals surface area (Å²) in [6, 6.07) is 8.09. The summed E-state index contributed by atoms with van der Waals surface area (Å²) in [4.78, 5) is 6.58. The van der Waals surface area contributed by atoms with Crippen LogP contribution in [0.15, 0.2) is 35.5 Å². The molecule has 2 heterocycles. The van der Waals surface area contributed by atoms with E-state index in [4.69, 9.17) is 4.74 Å². The SMILES string of the molecule is CN=C(NCc1cn(C)nc1C(F)(F)F)NCC(c1ccc(OC)cc1)N1CCCC1.I. The van der Waals surface area contributed by atoms with Crippen LogP contribution in [0.2, 0.25) is 0 Å². The van der Waals surface area contributed by atoms with Crippen molar-refractivity contribution in [3.05, 3.63) is 47.3 Å². The number of likely N-dealkylation sites (tertiary alicyclic amines) is 1. The van der Waals surface area contributed by atoms with Crippen LogP contribution in [0.1, 0.15) is 35.7 Å². The zero-order valence-corrected chi connectivity index (χ0v) is 20.8. The summed E-state index contributed by atoms with van der Waals surface area (Å²) in [6.45, 7) is 2.56. The monoisotopic (exact) mass is 566 g/mol. The number of benzene rings is 1. The molecule has 0 spiro atoms. The quantitative estimate of drug-likeness (QED) is 0.305. The van der Waals surface area contributed by atoms with Crippen LogP contribution in [0.5, 0.6) is 5.75 Å². The fraction of sp³-hybridized carbons (Fsp3) is 0.524. The van der Waals surface area contributed by atoms with Gasteiger partial charge in [-0.15, -0.1) is 24.0 Å². The highest BCUT2D eigenvalue weighted by Gasteiger charge is 2.36. The first-order valence-corrected chi connectivity index (χ1v) is 10.2. The maximum atomic E-state index is 13.2. The van der Waals surface area contributed by atoms with Gasteiger partial charge in [-0.05, 0) is 43.6 Å². The summed E-state index contributed by atoms with van der Waals surface area (Å²) >= 11 is 0. The number of halogens is 4. The molecule has 1 unspecified atom stereocenters. The van der Waals surface area contributed by atoms with Crippen molar-refractivity contribution in [3.63, 3.8) is 0 Å². The molecule has 178 valence electrons. The number of methoxy groups -OCH3 is 1. The minimum atomic E-state index is -4.50. The van der Waals surface area contributed by atoms with Gasteiger partial charge in [0, 0.05) is 38.9 Å². The van der Waals surface area contributed by atoms with Crippen molar-refractivity contribution < 1.29 is 17.9 Å². The van der Waals surface area contributed by atoms with E-state index < -0.39 is 11.9 Å². The Morgan fingerprint density at radius 1 is 1.19 bits per heavy atom. The molecule has 32 heavy (non-hydrogen) atoms. The molecule has 0 bridgehead atoms. The maximum Gasteiger partial charge on any atom is 0.435 e. The number of aryl methyl sites for hydroxylation is 1. The second kappa shape index (κ2) is 11.7. The van der Waals surface area contributed by atoms with Crippen LogP contribution >= 0.6 is 24.0 Å². The summed E-state index contributed by atoms with van der Waals surface area (Å²) in [7, 11) is 4.71. The Labute approximate surface area is 203 Å². The van der Waals surface area contributed by atoms with Crippen LogP contribution in [0.3, 0.4) is 0 Å². The lowest BCUT2D eigenvalue weighted by Crippen LogP contribution is -2.42. The smallest absolute Gasteiger partial charge is 0.435 e. The van der Waals surface area contributed by atoms with Crippen LogP contribution in [-0.2, 0) is 19.8 Å². The van der Waals surface area contributed by atoms with Crippen molar-refractivity contribution in [1.82, 2.24) is 25.3 Å². The molecule has 7 nitrogen and oxygen atoms in total. The number of guanidine groups is 1. The van der Waals surface area contributed by atoms with Gasteiger partial charge in [-0.3, -0.25) is 14.6 Å². The Kier molecular flexibility index (Phi) is 9.62. The number of nitrogens with zero attached hydrogens (tertiary/aromatic N) is 4. The Bertz CT molecular complexity index is 879. The summed E-state index contributed by atoms with van der Waals surface area (Å²) in [5.41, 5.74) is 0.340. The first-order chi connectivity index (χ1) is 14.8. The van der Waals surface area contributed by atoms with E-state index in [0.29, 0.717) is 12.5 Å². The molecule has 0 radical (unpaired) electrons. The molecule has 1 aromatic heterocycles.